The minimum atomic E-state index is -1.15. The van der Waals surface area contributed by atoms with E-state index in [1.807, 2.05) is 31.2 Å². The number of aliphatic hydroxyl groups is 1. The van der Waals surface area contributed by atoms with Gasteiger partial charge in [-0.2, -0.15) is 0 Å². The van der Waals surface area contributed by atoms with Crippen LogP contribution < -0.4 is 14.8 Å². The van der Waals surface area contributed by atoms with Gasteiger partial charge in [0.1, 0.15) is 29.5 Å². The number of halogens is 2. The number of hydrogen-bond donors (Lipinski definition) is 3. The van der Waals surface area contributed by atoms with Crippen molar-refractivity contribution < 1.29 is 28.9 Å². The molecule has 0 bridgehead atoms. The predicted octanol–water partition coefficient (Wildman–Crippen LogP) is 5.15. The van der Waals surface area contributed by atoms with E-state index in [4.69, 9.17) is 26.2 Å². The first-order valence-corrected chi connectivity index (χ1v) is 11.9. The van der Waals surface area contributed by atoms with Gasteiger partial charge in [0, 0.05) is 23.7 Å². The van der Waals surface area contributed by atoms with Gasteiger partial charge in [0.15, 0.2) is 0 Å². The summed E-state index contributed by atoms with van der Waals surface area (Å²) in [6.07, 6.45) is 1.22. The Kier molecular flexibility index (Phi) is 7.90. The lowest BCUT2D eigenvalue weighted by Gasteiger charge is -2.20. The van der Waals surface area contributed by atoms with E-state index in [0.29, 0.717) is 34.3 Å². The molecule has 6 nitrogen and oxygen atoms in total. The lowest BCUT2D eigenvalue weighted by Crippen LogP contribution is -2.39. The molecule has 3 aromatic carbocycles. The third-order valence-corrected chi connectivity index (χ3v) is 6.38. The molecule has 4 rings (SSSR count). The van der Waals surface area contributed by atoms with Crippen molar-refractivity contribution in [2.75, 3.05) is 13.2 Å². The SMILES string of the molecule is CCOc1cc(O[C@H]2CCc3c(-c4ccccc4F)cccc32)c(Cl)cc1CN[C@H](CO)C(=O)O. The van der Waals surface area contributed by atoms with E-state index in [0.717, 1.165) is 29.5 Å². The van der Waals surface area contributed by atoms with Crippen LogP contribution in [0.1, 0.15) is 36.1 Å². The summed E-state index contributed by atoms with van der Waals surface area (Å²) < 4.78 is 26.5. The van der Waals surface area contributed by atoms with Crippen LogP contribution in [-0.2, 0) is 17.8 Å². The highest BCUT2D eigenvalue weighted by molar-refractivity contribution is 6.32. The molecule has 0 saturated heterocycles. The predicted molar refractivity (Wildman–Crippen MR) is 131 cm³/mol. The van der Waals surface area contributed by atoms with Gasteiger partial charge in [-0.25, -0.2) is 4.39 Å². The van der Waals surface area contributed by atoms with Crippen molar-refractivity contribution in [2.45, 2.75) is 38.5 Å². The topological polar surface area (TPSA) is 88.0 Å². The van der Waals surface area contributed by atoms with E-state index in [-0.39, 0.29) is 18.5 Å². The number of carboxylic acids is 1. The second-order valence-electron chi connectivity index (χ2n) is 8.28. The van der Waals surface area contributed by atoms with Gasteiger partial charge in [-0.15, -0.1) is 0 Å². The van der Waals surface area contributed by atoms with Gasteiger partial charge in [0.25, 0.3) is 0 Å². The fourth-order valence-electron chi connectivity index (χ4n) is 4.38. The van der Waals surface area contributed by atoms with Crippen LogP contribution in [-0.4, -0.2) is 35.4 Å². The summed E-state index contributed by atoms with van der Waals surface area (Å²) in [7, 11) is 0. The summed E-state index contributed by atoms with van der Waals surface area (Å²) in [5, 5.41) is 21.5. The Balaban J connectivity index is 1.59. The van der Waals surface area contributed by atoms with E-state index in [2.05, 4.69) is 5.32 Å². The molecule has 1 aliphatic carbocycles. The summed E-state index contributed by atoms with van der Waals surface area (Å²) >= 11 is 6.54. The quantitative estimate of drug-likeness (QED) is 0.358. The van der Waals surface area contributed by atoms with Crippen molar-refractivity contribution in [2.24, 2.45) is 0 Å². The third-order valence-electron chi connectivity index (χ3n) is 6.08. The highest BCUT2D eigenvalue weighted by Gasteiger charge is 2.28. The number of hydrogen-bond acceptors (Lipinski definition) is 5. The number of rotatable bonds is 10. The van der Waals surface area contributed by atoms with Crippen molar-refractivity contribution >= 4 is 17.6 Å². The van der Waals surface area contributed by atoms with Crippen LogP contribution >= 0.6 is 11.6 Å². The fraction of sp³-hybridized carbons (Fsp3) is 0.296. The van der Waals surface area contributed by atoms with Crippen molar-refractivity contribution in [3.8, 4) is 22.6 Å². The molecule has 0 spiro atoms. The molecule has 0 saturated carbocycles. The minimum Gasteiger partial charge on any atom is -0.493 e. The van der Waals surface area contributed by atoms with Crippen LogP contribution in [0.25, 0.3) is 11.1 Å². The number of ether oxygens (including phenoxy) is 2. The standard InChI is InChI=1S/C27H27ClFNO5/c1-2-34-25-13-26(21(28)12-16(25)14-30-23(15-31)27(32)33)35-24-11-10-18-17(7-5-8-20(18)24)19-6-3-4-9-22(19)29/h3-9,12-13,23-24,30-31H,2,10-11,14-15H2,1H3,(H,32,33)/t23-,24+/m1/s1. The van der Waals surface area contributed by atoms with Crippen LogP contribution in [0.5, 0.6) is 11.5 Å². The lowest BCUT2D eigenvalue weighted by molar-refractivity contribution is -0.140. The molecule has 0 unspecified atom stereocenters. The summed E-state index contributed by atoms with van der Waals surface area (Å²) in [6.45, 7) is 1.85. The van der Waals surface area contributed by atoms with Gasteiger partial charge in [0.05, 0.1) is 18.2 Å². The highest BCUT2D eigenvalue weighted by Crippen LogP contribution is 2.43. The second kappa shape index (κ2) is 11.1. The summed E-state index contributed by atoms with van der Waals surface area (Å²) in [5.41, 5.74) is 4.15. The van der Waals surface area contributed by atoms with Gasteiger partial charge in [-0.3, -0.25) is 10.1 Å². The summed E-state index contributed by atoms with van der Waals surface area (Å²) in [5.74, 6) is -0.443. The van der Waals surface area contributed by atoms with Gasteiger partial charge < -0.3 is 19.7 Å². The number of benzene rings is 3. The molecule has 0 aromatic heterocycles. The zero-order chi connectivity index (χ0) is 24.9. The van der Waals surface area contributed by atoms with Crippen LogP contribution in [0.3, 0.4) is 0 Å². The van der Waals surface area contributed by atoms with E-state index in [1.54, 1.807) is 24.3 Å². The van der Waals surface area contributed by atoms with Crippen LogP contribution in [0.15, 0.2) is 54.6 Å². The Morgan fingerprint density at radius 2 is 1.94 bits per heavy atom. The Hall–Kier alpha value is -3.13. The zero-order valence-corrected chi connectivity index (χ0v) is 20.0. The molecule has 35 heavy (non-hydrogen) atoms. The number of nitrogens with one attached hydrogen (secondary N) is 1. The molecule has 0 aliphatic heterocycles. The summed E-state index contributed by atoms with van der Waals surface area (Å²) in [6, 6.07) is 14.9. The van der Waals surface area contributed by atoms with Crippen molar-refractivity contribution in [3.05, 3.63) is 82.1 Å². The number of carbonyl (C=O) groups is 1. The Morgan fingerprint density at radius 3 is 2.66 bits per heavy atom. The molecule has 3 N–H and O–H groups in total. The lowest BCUT2D eigenvalue weighted by atomic mass is 9.96. The Morgan fingerprint density at radius 1 is 1.17 bits per heavy atom. The van der Waals surface area contributed by atoms with Crippen molar-refractivity contribution in [1.82, 2.24) is 5.32 Å². The highest BCUT2D eigenvalue weighted by atomic mass is 35.5. The maximum Gasteiger partial charge on any atom is 0.323 e. The number of aliphatic carboxylic acids is 1. The normalized spacial score (nSPS) is 15.5. The first-order valence-electron chi connectivity index (χ1n) is 11.5. The molecule has 0 heterocycles. The first-order chi connectivity index (χ1) is 16.9. The maximum atomic E-state index is 14.5. The largest absolute Gasteiger partial charge is 0.493 e. The molecular formula is C27H27ClFNO5. The maximum absolute atomic E-state index is 14.5. The molecule has 8 heteroatoms. The number of fused-ring (bicyclic) bond motifs is 1. The van der Waals surface area contributed by atoms with E-state index >= 15 is 0 Å². The van der Waals surface area contributed by atoms with Gasteiger partial charge in [0.2, 0.25) is 0 Å². The molecule has 1 aliphatic rings. The monoisotopic (exact) mass is 499 g/mol. The van der Waals surface area contributed by atoms with Gasteiger partial charge in [-0.05, 0) is 48.6 Å². The average Bonchev–Trinajstić information content (AvgIpc) is 3.25. The smallest absolute Gasteiger partial charge is 0.323 e. The van der Waals surface area contributed by atoms with E-state index in [9.17, 15) is 14.3 Å². The molecular weight excluding hydrogens is 473 g/mol. The Labute approximate surface area is 208 Å². The fourth-order valence-corrected chi connectivity index (χ4v) is 4.61. The van der Waals surface area contributed by atoms with Gasteiger partial charge >= 0.3 is 5.97 Å². The zero-order valence-electron chi connectivity index (χ0n) is 19.3. The molecule has 0 fully saturated rings. The third kappa shape index (κ3) is 5.42. The molecule has 184 valence electrons. The number of aliphatic hydroxyl groups excluding tert-OH is 1. The molecule has 0 amide bonds. The van der Waals surface area contributed by atoms with Crippen molar-refractivity contribution in [3.63, 3.8) is 0 Å². The molecule has 0 radical (unpaired) electrons. The molecule has 3 aromatic rings. The van der Waals surface area contributed by atoms with Crippen LogP contribution in [0, 0.1) is 5.82 Å². The van der Waals surface area contributed by atoms with E-state index < -0.39 is 18.6 Å². The van der Waals surface area contributed by atoms with Gasteiger partial charge in [-0.1, -0.05) is 48.0 Å². The number of carboxylic acid groups (broad SMARTS) is 1. The summed E-state index contributed by atoms with van der Waals surface area (Å²) in [4.78, 5) is 11.2. The Bertz CT molecular complexity index is 1220. The minimum absolute atomic E-state index is 0.144. The van der Waals surface area contributed by atoms with Crippen molar-refractivity contribution in [1.29, 1.82) is 0 Å². The van der Waals surface area contributed by atoms with Crippen LogP contribution in [0.4, 0.5) is 4.39 Å². The molecule has 2 atom stereocenters. The second-order valence-corrected chi connectivity index (χ2v) is 8.68. The van der Waals surface area contributed by atoms with E-state index in [1.165, 1.54) is 6.07 Å². The average molecular weight is 500 g/mol. The first kappa shape index (κ1) is 25.0. The van der Waals surface area contributed by atoms with Crippen LogP contribution in [0.2, 0.25) is 5.02 Å².